The fourth-order valence-corrected chi connectivity index (χ4v) is 9.98. The van der Waals surface area contributed by atoms with Gasteiger partial charge in [-0.05, 0) is 84.5 Å². The summed E-state index contributed by atoms with van der Waals surface area (Å²) in [5, 5.41) is 21.8. The van der Waals surface area contributed by atoms with E-state index in [-0.39, 0.29) is 45.2 Å². The summed E-state index contributed by atoms with van der Waals surface area (Å²) in [7, 11) is 0. The molecule has 0 aromatic heterocycles. The highest BCUT2D eigenvalue weighted by molar-refractivity contribution is 5.96. The van der Waals surface area contributed by atoms with Gasteiger partial charge >= 0.3 is 5.97 Å². The minimum atomic E-state index is -0.749. The maximum Gasteiger partial charge on any atom is 0.310 e. The molecule has 0 amide bonds. The SMILES string of the molecule is CC1(C)CC[C@]2(C(=O)O)CC[C@]3(C)C(=CC(=O)C4[C@@]5(C)C(O)C=CC(C)(C)C5CC[C@]43C)C2C1. The quantitative estimate of drug-likeness (QED) is 0.450. The summed E-state index contributed by atoms with van der Waals surface area (Å²) in [6.07, 6.45) is 11.2. The first-order chi connectivity index (χ1) is 15.6. The second kappa shape index (κ2) is 6.87. The van der Waals surface area contributed by atoms with E-state index in [2.05, 4.69) is 54.5 Å². The highest BCUT2D eigenvalue weighted by atomic mass is 16.4. The maximum atomic E-state index is 14.2. The molecule has 2 N–H and O–H groups in total. The molecular formula is C30H44O4. The van der Waals surface area contributed by atoms with Crippen LogP contribution < -0.4 is 0 Å². The molecule has 5 rings (SSSR count). The molecule has 34 heavy (non-hydrogen) atoms. The van der Waals surface area contributed by atoms with Crippen LogP contribution in [0, 0.1) is 50.2 Å². The van der Waals surface area contributed by atoms with Crippen molar-refractivity contribution >= 4 is 11.8 Å². The first-order valence-corrected chi connectivity index (χ1v) is 13.4. The normalized spacial score (nSPS) is 50.8. The molecule has 5 aliphatic rings. The first kappa shape index (κ1) is 24.3. The predicted octanol–water partition coefficient (Wildman–Crippen LogP) is 6.19. The van der Waals surface area contributed by atoms with E-state index in [1.54, 1.807) is 0 Å². The average Bonchev–Trinajstić information content (AvgIpc) is 2.72. The lowest BCUT2D eigenvalue weighted by Gasteiger charge is -2.69. The van der Waals surface area contributed by atoms with Crippen LogP contribution in [0.15, 0.2) is 23.8 Å². The fourth-order valence-electron chi connectivity index (χ4n) is 9.98. The Morgan fingerprint density at radius 1 is 0.971 bits per heavy atom. The number of hydrogen-bond acceptors (Lipinski definition) is 3. The van der Waals surface area contributed by atoms with Crippen LogP contribution in [0.2, 0.25) is 0 Å². The monoisotopic (exact) mass is 468 g/mol. The van der Waals surface area contributed by atoms with Crippen LogP contribution in [-0.4, -0.2) is 28.1 Å². The Morgan fingerprint density at radius 3 is 2.26 bits per heavy atom. The van der Waals surface area contributed by atoms with Crippen molar-refractivity contribution in [1.29, 1.82) is 0 Å². The molecule has 8 atom stereocenters. The van der Waals surface area contributed by atoms with E-state index in [1.165, 1.54) is 0 Å². The van der Waals surface area contributed by atoms with Crippen LogP contribution in [0.1, 0.15) is 93.4 Å². The Balaban J connectivity index is 1.69. The van der Waals surface area contributed by atoms with E-state index < -0.39 is 22.9 Å². The van der Waals surface area contributed by atoms with Crippen molar-refractivity contribution in [2.24, 2.45) is 50.2 Å². The van der Waals surface area contributed by atoms with Crippen molar-refractivity contribution in [2.75, 3.05) is 0 Å². The number of aliphatic carboxylic acids is 1. The van der Waals surface area contributed by atoms with Crippen LogP contribution in [0.4, 0.5) is 0 Å². The lowest BCUT2D eigenvalue weighted by Crippen LogP contribution is -2.67. The highest BCUT2D eigenvalue weighted by Gasteiger charge is 2.71. The molecular weight excluding hydrogens is 424 g/mol. The first-order valence-electron chi connectivity index (χ1n) is 13.4. The second-order valence-corrected chi connectivity index (χ2v) is 14.6. The molecule has 0 heterocycles. The Hall–Kier alpha value is -1.42. The van der Waals surface area contributed by atoms with E-state index >= 15 is 0 Å². The standard InChI is InChI=1S/C30H44O4/c1-25(2)12-14-30(24(33)34)15-13-27(5)18(19(30)17-25)16-20(31)23-28(27,6)11-8-21-26(3,4)10-9-22(32)29(21,23)7/h9-10,16,19,21-23,32H,8,11-15,17H2,1-7H3,(H,33,34)/t19?,21?,22?,23?,27-,28-,29-,30+/m1/s1. The van der Waals surface area contributed by atoms with Gasteiger partial charge in [-0.15, -0.1) is 0 Å². The topological polar surface area (TPSA) is 74.6 Å². The van der Waals surface area contributed by atoms with E-state index in [4.69, 9.17) is 0 Å². The van der Waals surface area contributed by atoms with Crippen molar-refractivity contribution in [3.05, 3.63) is 23.8 Å². The summed E-state index contributed by atoms with van der Waals surface area (Å²) in [5.74, 6) is -0.679. The number of carbonyl (C=O) groups is 2. The van der Waals surface area contributed by atoms with E-state index in [0.29, 0.717) is 12.8 Å². The van der Waals surface area contributed by atoms with Gasteiger partial charge in [-0.25, -0.2) is 0 Å². The number of fused-ring (bicyclic) bond motifs is 7. The molecule has 0 bridgehead atoms. The van der Waals surface area contributed by atoms with E-state index in [1.807, 2.05) is 12.2 Å². The van der Waals surface area contributed by atoms with Crippen LogP contribution in [0.3, 0.4) is 0 Å². The molecule has 3 fully saturated rings. The molecule has 0 aromatic rings. The summed E-state index contributed by atoms with van der Waals surface area (Å²) in [6.45, 7) is 15.8. The Kier molecular flexibility index (Phi) is 4.90. The van der Waals surface area contributed by atoms with Crippen molar-refractivity contribution in [3.63, 3.8) is 0 Å². The number of hydrogen-bond donors (Lipinski definition) is 2. The molecule has 0 saturated heterocycles. The molecule has 0 radical (unpaired) electrons. The van der Waals surface area contributed by atoms with E-state index in [0.717, 1.165) is 37.7 Å². The minimum absolute atomic E-state index is 0.0705. The molecule has 0 aromatic carbocycles. The van der Waals surface area contributed by atoms with Crippen molar-refractivity contribution in [3.8, 4) is 0 Å². The second-order valence-electron chi connectivity index (χ2n) is 14.6. The zero-order valence-electron chi connectivity index (χ0n) is 22.2. The van der Waals surface area contributed by atoms with Crippen molar-refractivity contribution in [1.82, 2.24) is 0 Å². The molecule has 4 heteroatoms. The predicted molar refractivity (Wildman–Crippen MR) is 133 cm³/mol. The highest BCUT2D eigenvalue weighted by Crippen LogP contribution is 2.74. The number of carboxylic acids is 1. The maximum absolute atomic E-state index is 14.2. The number of ketones is 1. The summed E-state index contributed by atoms with van der Waals surface area (Å²) in [5.41, 5.74) is -0.698. The Bertz CT molecular complexity index is 1000. The van der Waals surface area contributed by atoms with Crippen molar-refractivity contribution < 1.29 is 19.8 Å². The lowest BCUT2D eigenvalue weighted by atomic mass is 9.33. The molecule has 0 aliphatic heterocycles. The van der Waals surface area contributed by atoms with Gasteiger partial charge in [0.25, 0.3) is 0 Å². The molecule has 188 valence electrons. The third-order valence-corrected chi connectivity index (χ3v) is 12.2. The number of allylic oxidation sites excluding steroid dienone is 3. The van der Waals surface area contributed by atoms with Gasteiger partial charge in [-0.2, -0.15) is 0 Å². The molecule has 0 spiro atoms. The molecule has 5 aliphatic carbocycles. The van der Waals surface area contributed by atoms with Gasteiger partial charge in [0.15, 0.2) is 5.78 Å². The number of carboxylic acid groups (broad SMARTS) is 1. The van der Waals surface area contributed by atoms with Crippen LogP contribution in [0.5, 0.6) is 0 Å². The average molecular weight is 469 g/mol. The van der Waals surface area contributed by atoms with Gasteiger partial charge in [-0.3, -0.25) is 9.59 Å². The van der Waals surface area contributed by atoms with E-state index in [9.17, 15) is 19.8 Å². The number of aliphatic hydroxyl groups is 1. The largest absolute Gasteiger partial charge is 0.481 e. The summed E-state index contributed by atoms with van der Waals surface area (Å²) in [6, 6.07) is 0. The Morgan fingerprint density at radius 2 is 1.62 bits per heavy atom. The smallest absolute Gasteiger partial charge is 0.310 e. The minimum Gasteiger partial charge on any atom is -0.481 e. The lowest BCUT2D eigenvalue weighted by molar-refractivity contribution is -0.196. The third kappa shape index (κ3) is 2.75. The van der Waals surface area contributed by atoms with Crippen LogP contribution in [0.25, 0.3) is 0 Å². The zero-order valence-corrected chi connectivity index (χ0v) is 22.2. The van der Waals surface area contributed by atoms with Gasteiger partial charge < -0.3 is 10.2 Å². The summed E-state index contributed by atoms with van der Waals surface area (Å²) >= 11 is 0. The number of carbonyl (C=O) groups excluding carboxylic acids is 1. The van der Waals surface area contributed by atoms with Gasteiger partial charge in [0.05, 0.1) is 11.5 Å². The van der Waals surface area contributed by atoms with Gasteiger partial charge in [0.1, 0.15) is 0 Å². The molecule has 4 nitrogen and oxygen atoms in total. The molecule has 3 saturated carbocycles. The summed E-state index contributed by atoms with van der Waals surface area (Å²) < 4.78 is 0. The molecule has 4 unspecified atom stereocenters. The van der Waals surface area contributed by atoms with Crippen LogP contribution in [-0.2, 0) is 9.59 Å². The third-order valence-electron chi connectivity index (χ3n) is 12.2. The van der Waals surface area contributed by atoms with Gasteiger partial charge in [0, 0.05) is 11.3 Å². The van der Waals surface area contributed by atoms with Crippen LogP contribution >= 0.6 is 0 Å². The zero-order chi connectivity index (χ0) is 25.1. The summed E-state index contributed by atoms with van der Waals surface area (Å²) in [4.78, 5) is 26.9. The van der Waals surface area contributed by atoms with Crippen molar-refractivity contribution in [2.45, 2.75) is 99.5 Å². The number of rotatable bonds is 1. The van der Waals surface area contributed by atoms with Gasteiger partial charge in [0.2, 0.25) is 0 Å². The Labute approximate surface area is 205 Å². The number of aliphatic hydroxyl groups excluding tert-OH is 1. The van der Waals surface area contributed by atoms with Gasteiger partial charge in [-0.1, -0.05) is 66.2 Å². The fraction of sp³-hybridized carbons (Fsp3) is 0.800.